The maximum absolute atomic E-state index is 11.4. The lowest BCUT2D eigenvalue weighted by atomic mass is 9.94. The summed E-state index contributed by atoms with van der Waals surface area (Å²) in [7, 11) is 0. The first-order valence-electron chi connectivity index (χ1n) is 10.0. The molecule has 0 aliphatic rings. The number of carboxylic acid groups (broad SMARTS) is 1. The zero-order chi connectivity index (χ0) is 21.5. The van der Waals surface area contributed by atoms with E-state index in [4.69, 9.17) is 0 Å². The number of phenols is 2. The number of nitrogens with one attached hydrogen (secondary N) is 1. The number of carbonyl (C=O) groups is 1. The lowest BCUT2D eigenvalue weighted by Crippen LogP contribution is -2.34. The molecule has 3 rings (SSSR count). The molecule has 0 radical (unpaired) electrons. The van der Waals surface area contributed by atoms with Gasteiger partial charge in [0.05, 0.1) is 11.5 Å². The Balaban J connectivity index is 1.79. The summed E-state index contributed by atoms with van der Waals surface area (Å²) in [6.45, 7) is 2.30. The average Bonchev–Trinajstić information content (AvgIpc) is 2.73. The molecule has 0 saturated carbocycles. The summed E-state index contributed by atoms with van der Waals surface area (Å²) in [5.74, 6) is -1.34. The van der Waals surface area contributed by atoms with Gasteiger partial charge in [-0.3, -0.25) is 4.79 Å². The molecule has 1 unspecified atom stereocenters. The van der Waals surface area contributed by atoms with E-state index in [1.807, 2.05) is 60.7 Å². The molecule has 0 saturated heterocycles. The standard InChI is InChI=1S/C25H27NO4/c1-17(25(29)30)12-21(26-16-18-8-4-2-5-9-18)13-19-14-22(27)24(23(28)15-19)20-10-6-3-7-11-20/h2-11,14-15,17,21,26-28H,12-13,16H2,1H3,(H,29,30)/t17?,21-/m1/s1. The molecule has 2 atom stereocenters. The molecule has 0 spiro atoms. The van der Waals surface area contributed by atoms with Crippen LogP contribution in [-0.4, -0.2) is 27.3 Å². The summed E-state index contributed by atoms with van der Waals surface area (Å²) >= 11 is 0. The second-order valence-electron chi connectivity index (χ2n) is 7.62. The Kier molecular flexibility index (Phi) is 7.09. The largest absolute Gasteiger partial charge is 0.507 e. The van der Waals surface area contributed by atoms with E-state index >= 15 is 0 Å². The van der Waals surface area contributed by atoms with E-state index in [0.29, 0.717) is 24.9 Å². The van der Waals surface area contributed by atoms with E-state index in [1.165, 1.54) is 0 Å². The lowest BCUT2D eigenvalue weighted by Gasteiger charge is -2.22. The average molecular weight is 405 g/mol. The molecular formula is C25H27NO4. The van der Waals surface area contributed by atoms with Gasteiger partial charge >= 0.3 is 5.97 Å². The summed E-state index contributed by atoms with van der Waals surface area (Å²) < 4.78 is 0. The molecule has 0 fully saturated rings. The molecular weight excluding hydrogens is 378 g/mol. The Bertz CT molecular complexity index is 950. The van der Waals surface area contributed by atoms with Crippen molar-refractivity contribution in [2.75, 3.05) is 0 Å². The van der Waals surface area contributed by atoms with Crippen LogP contribution in [0, 0.1) is 5.92 Å². The number of hydrogen-bond donors (Lipinski definition) is 4. The van der Waals surface area contributed by atoms with Gasteiger partial charge in [-0.05, 0) is 41.7 Å². The highest BCUT2D eigenvalue weighted by Gasteiger charge is 2.20. The summed E-state index contributed by atoms with van der Waals surface area (Å²) in [5.41, 5.74) is 2.98. The van der Waals surface area contributed by atoms with Gasteiger partial charge in [0.25, 0.3) is 0 Å². The molecule has 4 N–H and O–H groups in total. The third-order valence-corrected chi connectivity index (χ3v) is 5.20. The van der Waals surface area contributed by atoms with Crippen molar-refractivity contribution in [1.29, 1.82) is 0 Å². The fourth-order valence-electron chi connectivity index (χ4n) is 3.60. The molecule has 0 bridgehead atoms. The van der Waals surface area contributed by atoms with Gasteiger partial charge in [0.1, 0.15) is 11.5 Å². The molecule has 5 nitrogen and oxygen atoms in total. The summed E-state index contributed by atoms with van der Waals surface area (Å²) in [6, 6.07) is 22.3. The van der Waals surface area contributed by atoms with Crippen molar-refractivity contribution in [3.8, 4) is 22.6 Å². The van der Waals surface area contributed by atoms with Crippen molar-refractivity contribution >= 4 is 5.97 Å². The van der Waals surface area contributed by atoms with Crippen LogP contribution in [0.4, 0.5) is 0 Å². The number of phenolic OH excluding ortho intramolecular Hbond substituents is 2. The molecule has 156 valence electrons. The molecule has 0 amide bonds. The van der Waals surface area contributed by atoms with Gasteiger partial charge in [-0.2, -0.15) is 0 Å². The third-order valence-electron chi connectivity index (χ3n) is 5.20. The first kappa shape index (κ1) is 21.4. The van der Waals surface area contributed by atoms with Crippen molar-refractivity contribution in [3.05, 3.63) is 83.9 Å². The molecule has 0 heterocycles. The monoisotopic (exact) mass is 405 g/mol. The van der Waals surface area contributed by atoms with Gasteiger partial charge in [-0.1, -0.05) is 67.6 Å². The molecule has 0 aliphatic carbocycles. The summed E-state index contributed by atoms with van der Waals surface area (Å²) in [4.78, 5) is 11.4. The van der Waals surface area contributed by atoms with Crippen molar-refractivity contribution in [1.82, 2.24) is 5.32 Å². The zero-order valence-electron chi connectivity index (χ0n) is 17.0. The van der Waals surface area contributed by atoms with Gasteiger partial charge in [0, 0.05) is 12.6 Å². The van der Waals surface area contributed by atoms with Crippen LogP contribution in [0.5, 0.6) is 11.5 Å². The molecule has 0 aromatic heterocycles. The molecule has 3 aromatic rings. The van der Waals surface area contributed by atoms with E-state index in [1.54, 1.807) is 19.1 Å². The Morgan fingerprint density at radius 3 is 2.03 bits per heavy atom. The molecule has 3 aromatic carbocycles. The quantitative estimate of drug-likeness (QED) is 0.419. The van der Waals surface area contributed by atoms with E-state index in [-0.39, 0.29) is 17.5 Å². The predicted octanol–water partition coefficient (Wildman–Crippen LogP) is 4.58. The number of rotatable bonds is 9. The van der Waals surface area contributed by atoms with Crippen LogP contribution in [0.15, 0.2) is 72.8 Å². The first-order chi connectivity index (χ1) is 14.4. The van der Waals surface area contributed by atoms with Crippen molar-refractivity contribution in [2.24, 2.45) is 5.92 Å². The third kappa shape index (κ3) is 5.61. The van der Waals surface area contributed by atoms with Gasteiger partial charge in [-0.25, -0.2) is 0 Å². The minimum atomic E-state index is -0.841. The van der Waals surface area contributed by atoms with Crippen molar-refractivity contribution < 1.29 is 20.1 Å². The molecule has 30 heavy (non-hydrogen) atoms. The van der Waals surface area contributed by atoms with E-state index in [2.05, 4.69) is 5.32 Å². The lowest BCUT2D eigenvalue weighted by molar-refractivity contribution is -0.141. The normalized spacial score (nSPS) is 13.0. The Labute approximate surface area is 176 Å². The van der Waals surface area contributed by atoms with Crippen LogP contribution in [0.1, 0.15) is 24.5 Å². The molecule has 0 aliphatic heterocycles. The highest BCUT2D eigenvalue weighted by Crippen LogP contribution is 2.38. The van der Waals surface area contributed by atoms with E-state index < -0.39 is 11.9 Å². The van der Waals surface area contributed by atoms with Crippen LogP contribution in [-0.2, 0) is 17.8 Å². The van der Waals surface area contributed by atoms with Crippen LogP contribution in [0.25, 0.3) is 11.1 Å². The number of aromatic hydroxyl groups is 2. The van der Waals surface area contributed by atoms with Gasteiger partial charge in [0.2, 0.25) is 0 Å². The SMILES string of the molecule is CC(C[C@H](Cc1cc(O)c(-c2ccccc2)c(O)c1)NCc1ccccc1)C(=O)O. The highest BCUT2D eigenvalue weighted by atomic mass is 16.4. The van der Waals surface area contributed by atoms with E-state index in [0.717, 1.165) is 16.7 Å². The maximum Gasteiger partial charge on any atom is 0.306 e. The summed E-state index contributed by atoms with van der Waals surface area (Å²) in [5, 5.41) is 33.8. The Morgan fingerprint density at radius 1 is 0.900 bits per heavy atom. The highest BCUT2D eigenvalue weighted by molar-refractivity contribution is 5.76. The first-order valence-corrected chi connectivity index (χ1v) is 10.0. The van der Waals surface area contributed by atoms with Crippen LogP contribution in [0.2, 0.25) is 0 Å². The topological polar surface area (TPSA) is 89.8 Å². The fourth-order valence-corrected chi connectivity index (χ4v) is 3.60. The van der Waals surface area contributed by atoms with Gasteiger partial charge < -0.3 is 20.6 Å². The van der Waals surface area contributed by atoms with Gasteiger partial charge in [-0.15, -0.1) is 0 Å². The van der Waals surface area contributed by atoms with Crippen LogP contribution in [0.3, 0.4) is 0 Å². The number of aliphatic carboxylic acids is 1. The fraction of sp³-hybridized carbons (Fsp3) is 0.240. The number of benzene rings is 3. The summed E-state index contributed by atoms with van der Waals surface area (Å²) in [6.07, 6.45) is 0.921. The minimum absolute atomic E-state index is 0.00397. The van der Waals surface area contributed by atoms with Crippen molar-refractivity contribution in [2.45, 2.75) is 32.4 Å². The number of carboxylic acids is 1. The predicted molar refractivity (Wildman–Crippen MR) is 117 cm³/mol. The second kappa shape index (κ2) is 9.94. The van der Waals surface area contributed by atoms with Crippen LogP contribution < -0.4 is 5.32 Å². The zero-order valence-corrected chi connectivity index (χ0v) is 17.0. The van der Waals surface area contributed by atoms with Gasteiger partial charge in [0.15, 0.2) is 0 Å². The smallest absolute Gasteiger partial charge is 0.306 e. The number of hydrogen-bond acceptors (Lipinski definition) is 4. The Hall–Kier alpha value is -3.31. The van der Waals surface area contributed by atoms with Crippen molar-refractivity contribution in [3.63, 3.8) is 0 Å². The minimum Gasteiger partial charge on any atom is -0.507 e. The Morgan fingerprint density at radius 2 is 1.47 bits per heavy atom. The van der Waals surface area contributed by atoms with E-state index in [9.17, 15) is 20.1 Å². The van der Waals surface area contributed by atoms with Crippen LogP contribution >= 0.6 is 0 Å². The molecule has 5 heteroatoms. The maximum atomic E-state index is 11.4. The second-order valence-corrected chi connectivity index (χ2v) is 7.62.